The van der Waals surface area contributed by atoms with Crippen molar-refractivity contribution in [3.05, 3.63) is 47.2 Å². The molecule has 36 heavy (non-hydrogen) atoms. The summed E-state index contributed by atoms with van der Waals surface area (Å²) in [6.07, 6.45) is 2.86. The predicted octanol–water partition coefficient (Wildman–Crippen LogP) is 4.22. The van der Waals surface area contributed by atoms with Crippen LogP contribution in [-0.4, -0.2) is 57.9 Å². The van der Waals surface area contributed by atoms with Crippen LogP contribution in [0.5, 0.6) is 0 Å². The Morgan fingerprint density at radius 1 is 1.25 bits per heavy atom. The molecule has 10 heteroatoms. The molecule has 1 saturated heterocycles. The molecule has 0 unspecified atom stereocenters. The summed E-state index contributed by atoms with van der Waals surface area (Å²) in [5.74, 6) is -0.463. The Morgan fingerprint density at radius 3 is 2.75 bits per heavy atom. The molecule has 1 aliphatic heterocycles. The van der Waals surface area contributed by atoms with Gasteiger partial charge in [0.2, 0.25) is 0 Å². The van der Waals surface area contributed by atoms with Crippen LogP contribution < -0.4 is 15.5 Å². The van der Waals surface area contributed by atoms with Gasteiger partial charge >= 0.3 is 6.09 Å². The van der Waals surface area contributed by atoms with Crippen molar-refractivity contribution < 1.29 is 19.4 Å². The van der Waals surface area contributed by atoms with E-state index < -0.39 is 23.8 Å². The maximum Gasteiger partial charge on any atom is 0.408 e. The fourth-order valence-corrected chi connectivity index (χ4v) is 5.22. The number of pyridine rings is 2. The highest BCUT2D eigenvalue weighted by atomic mass is 32.1. The maximum absolute atomic E-state index is 13.1. The number of thiophene rings is 1. The Balaban J connectivity index is 1.52. The Bertz CT molecular complexity index is 1250. The van der Waals surface area contributed by atoms with Crippen LogP contribution >= 0.6 is 11.3 Å². The summed E-state index contributed by atoms with van der Waals surface area (Å²) < 4.78 is 6.43. The highest BCUT2D eigenvalue weighted by Gasteiger charge is 2.36. The van der Waals surface area contributed by atoms with E-state index in [4.69, 9.17) is 4.74 Å². The number of carbonyl (C=O) groups excluding carboxylic acids is 2. The third-order valence-corrected chi connectivity index (χ3v) is 7.25. The number of hydrogen-bond acceptors (Lipinski definition) is 8. The largest absolute Gasteiger partial charge is 0.444 e. The number of alkyl carbamates (subject to hydrolysis) is 1. The number of amides is 2. The second-order valence-electron chi connectivity index (χ2n) is 10.1. The number of fused-ring (bicyclic) bond motifs is 1. The summed E-state index contributed by atoms with van der Waals surface area (Å²) in [5, 5.41) is 16.5. The number of ether oxygens (including phenoxy) is 1. The summed E-state index contributed by atoms with van der Waals surface area (Å²) in [4.78, 5) is 37.5. The molecule has 2 amide bonds. The summed E-state index contributed by atoms with van der Waals surface area (Å²) in [6, 6.07) is 6.93. The minimum absolute atomic E-state index is 0.133. The van der Waals surface area contributed by atoms with Crippen LogP contribution in [0.4, 0.5) is 16.2 Å². The maximum atomic E-state index is 13.1. The molecule has 0 aliphatic carbocycles. The zero-order valence-corrected chi connectivity index (χ0v) is 22.1. The molecule has 1 fully saturated rings. The monoisotopic (exact) mass is 511 g/mol. The Labute approximate surface area is 214 Å². The van der Waals surface area contributed by atoms with Crippen LogP contribution in [0.1, 0.15) is 50.0 Å². The van der Waals surface area contributed by atoms with Gasteiger partial charge in [-0.3, -0.25) is 9.78 Å². The number of nitrogens with zero attached hydrogens (tertiary/aromatic N) is 3. The van der Waals surface area contributed by atoms with Gasteiger partial charge < -0.3 is 25.4 Å². The van der Waals surface area contributed by atoms with Crippen LogP contribution in [0.25, 0.3) is 10.2 Å². The topological polar surface area (TPSA) is 117 Å². The smallest absolute Gasteiger partial charge is 0.408 e. The number of rotatable bonds is 5. The first kappa shape index (κ1) is 25.8. The highest BCUT2D eigenvalue weighted by molar-refractivity contribution is 7.19. The molecular formula is C26H33N5O4S. The zero-order chi connectivity index (χ0) is 26.0. The number of aliphatic hydroxyl groups excluding tert-OH is 1. The van der Waals surface area contributed by atoms with Gasteiger partial charge in [-0.1, -0.05) is 13.8 Å². The Hall–Kier alpha value is -3.24. The SMILES string of the molecule is CCc1cc2nc(C(=O)Nc3cnccc3N3C[C@H](C)[C@@H](O)[C@H](NC(=O)OC(C)(C)C)C3)ccc2s1. The van der Waals surface area contributed by atoms with E-state index >= 15 is 0 Å². The molecule has 4 heterocycles. The average Bonchev–Trinajstić information content (AvgIpc) is 3.23. The number of piperidine rings is 1. The standard InChI is InChI=1S/C26H33N5O4S/c1-6-16-11-18-22(36-16)8-7-17(28-18)24(33)29-19-12-27-10-9-21(19)31-13-15(2)23(32)20(14-31)30-25(34)35-26(3,4)5/h7-12,15,20,23,32H,6,13-14H2,1-5H3,(H,29,33)(H,30,34)/t15-,20+,23+/m0/s1. The molecule has 4 rings (SSSR count). The lowest BCUT2D eigenvalue weighted by Crippen LogP contribution is -2.59. The highest BCUT2D eigenvalue weighted by Crippen LogP contribution is 2.30. The second-order valence-corrected chi connectivity index (χ2v) is 11.3. The summed E-state index contributed by atoms with van der Waals surface area (Å²) in [7, 11) is 0. The van der Waals surface area contributed by atoms with Crippen molar-refractivity contribution in [3.63, 3.8) is 0 Å². The molecule has 9 nitrogen and oxygen atoms in total. The predicted molar refractivity (Wildman–Crippen MR) is 142 cm³/mol. The molecule has 3 N–H and O–H groups in total. The molecule has 0 saturated carbocycles. The summed E-state index contributed by atoms with van der Waals surface area (Å²) in [5.41, 5.74) is 1.77. The van der Waals surface area contributed by atoms with Crippen molar-refractivity contribution >= 4 is 44.9 Å². The van der Waals surface area contributed by atoms with E-state index in [1.807, 2.05) is 30.0 Å². The molecule has 0 bridgehead atoms. The van der Waals surface area contributed by atoms with Crippen molar-refractivity contribution in [2.45, 2.75) is 58.8 Å². The van der Waals surface area contributed by atoms with E-state index in [9.17, 15) is 14.7 Å². The number of anilines is 2. The molecule has 1 aliphatic rings. The lowest BCUT2D eigenvalue weighted by Gasteiger charge is -2.42. The summed E-state index contributed by atoms with van der Waals surface area (Å²) >= 11 is 1.68. The number of aliphatic hydroxyl groups is 1. The van der Waals surface area contributed by atoms with E-state index in [-0.39, 0.29) is 11.8 Å². The van der Waals surface area contributed by atoms with Gasteiger partial charge in [0.15, 0.2) is 0 Å². The fraction of sp³-hybridized carbons (Fsp3) is 0.462. The minimum Gasteiger partial charge on any atom is -0.444 e. The van der Waals surface area contributed by atoms with Crippen LogP contribution in [0.15, 0.2) is 36.7 Å². The first-order valence-corrected chi connectivity index (χ1v) is 12.9. The van der Waals surface area contributed by atoms with Crippen LogP contribution in [-0.2, 0) is 11.2 Å². The van der Waals surface area contributed by atoms with Gasteiger partial charge in [0, 0.05) is 30.1 Å². The van der Waals surface area contributed by atoms with Crippen LogP contribution in [0, 0.1) is 5.92 Å². The molecule has 3 aromatic rings. The molecule has 3 aromatic heterocycles. The Morgan fingerprint density at radius 2 is 2.03 bits per heavy atom. The van der Waals surface area contributed by atoms with Gasteiger partial charge in [0.25, 0.3) is 5.91 Å². The molecular weight excluding hydrogens is 478 g/mol. The van der Waals surface area contributed by atoms with Gasteiger partial charge in [-0.05, 0) is 51.5 Å². The number of carbonyl (C=O) groups is 2. The van der Waals surface area contributed by atoms with E-state index in [0.29, 0.717) is 24.5 Å². The lowest BCUT2D eigenvalue weighted by atomic mass is 9.92. The quantitative estimate of drug-likeness (QED) is 0.470. The number of aromatic nitrogens is 2. The van der Waals surface area contributed by atoms with Crippen molar-refractivity contribution in [1.82, 2.24) is 15.3 Å². The van der Waals surface area contributed by atoms with E-state index in [2.05, 4.69) is 27.5 Å². The molecule has 3 atom stereocenters. The molecule has 0 spiro atoms. The average molecular weight is 512 g/mol. The first-order valence-electron chi connectivity index (χ1n) is 12.1. The second kappa shape index (κ2) is 10.4. The van der Waals surface area contributed by atoms with Crippen LogP contribution in [0.2, 0.25) is 0 Å². The van der Waals surface area contributed by atoms with Crippen molar-refractivity contribution in [2.75, 3.05) is 23.3 Å². The zero-order valence-electron chi connectivity index (χ0n) is 21.2. The van der Waals surface area contributed by atoms with Gasteiger partial charge in [-0.25, -0.2) is 9.78 Å². The van der Waals surface area contributed by atoms with Gasteiger partial charge in [-0.2, -0.15) is 0 Å². The number of hydrogen-bond donors (Lipinski definition) is 3. The van der Waals surface area contributed by atoms with Crippen molar-refractivity contribution in [2.24, 2.45) is 5.92 Å². The Kier molecular flexibility index (Phi) is 7.46. The third-order valence-electron chi connectivity index (χ3n) is 6.02. The van der Waals surface area contributed by atoms with Gasteiger partial charge in [-0.15, -0.1) is 11.3 Å². The van der Waals surface area contributed by atoms with Crippen molar-refractivity contribution in [1.29, 1.82) is 0 Å². The normalized spacial score (nSPS) is 20.3. The van der Waals surface area contributed by atoms with E-state index in [0.717, 1.165) is 22.3 Å². The van der Waals surface area contributed by atoms with Crippen LogP contribution in [0.3, 0.4) is 0 Å². The summed E-state index contributed by atoms with van der Waals surface area (Å²) in [6.45, 7) is 10.3. The number of nitrogens with one attached hydrogen (secondary N) is 2. The number of aryl methyl sites for hydroxylation is 1. The van der Waals surface area contributed by atoms with Crippen molar-refractivity contribution in [3.8, 4) is 0 Å². The lowest BCUT2D eigenvalue weighted by molar-refractivity contribution is 0.0303. The van der Waals surface area contributed by atoms with E-state index in [1.54, 1.807) is 50.6 Å². The molecule has 0 radical (unpaired) electrons. The van der Waals surface area contributed by atoms with Gasteiger partial charge in [0.05, 0.1) is 39.9 Å². The third kappa shape index (κ3) is 5.93. The molecule has 192 valence electrons. The first-order chi connectivity index (χ1) is 17.0. The fourth-order valence-electron chi connectivity index (χ4n) is 4.28. The van der Waals surface area contributed by atoms with E-state index in [1.165, 1.54) is 4.88 Å². The van der Waals surface area contributed by atoms with Gasteiger partial charge in [0.1, 0.15) is 11.3 Å². The minimum atomic E-state index is -0.733. The molecule has 0 aromatic carbocycles.